The second-order valence-corrected chi connectivity index (χ2v) is 6.87. The maximum absolute atomic E-state index is 10.2. The molecule has 0 aromatic carbocycles. The zero-order chi connectivity index (χ0) is 17.5. The summed E-state index contributed by atoms with van der Waals surface area (Å²) in [5.74, 6) is 0. The topological polar surface area (TPSA) is 170 Å². The Kier molecular flexibility index (Phi) is 35.6. The fraction of sp³-hybridized carbons (Fsp3) is 1.00. The molecule has 148 valence electrons. The van der Waals surface area contributed by atoms with Crippen LogP contribution in [0.4, 0.5) is 0 Å². The Morgan fingerprint density at radius 1 is 0.720 bits per heavy atom. The average molecular weight is 430 g/mol. The SMILES string of the molecule is CCCCCCCCCCCCOS(=O)(=O)O.O.O=S(=O)(O)O.[H-].[H-].[Na+].[Na+]. The Balaban J connectivity index is -0.0000000713. The van der Waals surface area contributed by atoms with Gasteiger partial charge >= 0.3 is 79.9 Å². The molecule has 0 aliphatic rings. The molecule has 13 heteroatoms. The van der Waals surface area contributed by atoms with E-state index in [9.17, 15) is 8.42 Å². The summed E-state index contributed by atoms with van der Waals surface area (Å²) in [6.45, 7) is 2.31. The van der Waals surface area contributed by atoms with Crippen LogP contribution in [-0.4, -0.2) is 42.6 Å². The Bertz CT molecular complexity index is 444. The number of hydrogen-bond donors (Lipinski definition) is 3. The van der Waals surface area contributed by atoms with Crippen molar-refractivity contribution in [2.24, 2.45) is 0 Å². The molecule has 0 aromatic rings. The van der Waals surface area contributed by atoms with Crippen molar-refractivity contribution in [3.63, 3.8) is 0 Å². The number of rotatable bonds is 12. The van der Waals surface area contributed by atoms with E-state index >= 15 is 0 Å². The molecule has 0 saturated heterocycles. The maximum Gasteiger partial charge on any atom is 1.00 e. The van der Waals surface area contributed by atoms with Gasteiger partial charge in [-0.25, -0.2) is 4.18 Å². The minimum Gasteiger partial charge on any atom is -1.00 e. The zero-order valence-corrected chi connectivity index (χ0v) is 21.1. The third kappa shape index (κ3) is 58.6. The second kappa shape index (κ2) is 23.7. The summed E-state index contributed by atoms with van der Waals surface area (Å²) in [5.41, 5.74) is 0. The van der Waals surface area contributed by atoms with Crippen LogP contribution >= 0.6 is 0 Å². The predicted octanol–water partition coefficient (Wildman–Crippen LogP) is -3.52. The van der Waals surface area contributed by atoms with E-state index in [1.807, 2.05) is 0 Å². The Labute approximate surface area is 199 Å². The van der Waals surface area contributed by atoms with Gasteiger partial charge in [-0.1, -0.05) is 64.7 Å². The molecule has 0 amide bonds. The average Bonchev–Trinajstić information content (AvgIpc) is 2.32. The smallest absolute Gasteiger partial charge is 1.00 e. The van der Waals surface area contributed by atoms with Gasteiger partial charge in [0.15, 0.2) is 0 Å². The van der Waals surface area contributed by atoms with Gasteiger partial charge in [-0.15, -0.1) is 0 Å². The minimum atomic E-state index is -4.67. The molecule has 0 spiro atoms. The number of unbranched alkanes of at least 4 members (excludes halogenated alkanes) is 9. The molecule has 0 heterocycles. The first-order valence-electron chi connectivity index (χ1n) is 7.38. The van der Waals surface area contributed by atoms with Crippen LogP contribution in [0, 0.1) is 0 Å². The van der Waals surface area contributed by atoms with Gasteiger partial charge in [0.25, 0.3) is 0 Å². The molecule has 9 nitrogen and oxygen atoms in total. The third-order valence-electron chi connectivity index (χ3n) is 2.73. The summed E-state index contributed by atoms with van der Waals surface area (Å²) in [7, 11) is -8.90. The molecule has 0 bridgehead atoms. The van der Waals surface area contributed by atoms with Crippen LogP contribution in [0.3, 0.4) is 0 Å². The fourth-order valence-electron chi connectivity index (χ4n) is 1.75. The molecule has 0 radical (unpaired) electrons. The summed E-state index contributed by atoms with van der Waals surface area (Å²) in [5, 5.41) is 0. The van der Waals surface area contributed by atoms with Crippen molar-refractivity contribution in [3.8, 4) is 0 Å². The quantitative estimate of drug-likeness (QED) is 0.163. The van der Waals surface area contributed by atoms with E-state index in [-0.39, 0.29) is 74.1 Å². The van der Waals surface area contributed by atoms with Gasteiger partial charge in [0.2, 0.25) is 0 Å². The fourth-order valence-corrected chi connectivity index (χ4v) is 2.08. The molecule has 0 unspecified atom stereocenters. The monoisotopic (exact) mass is 430 g/mol. The Hall–Kier alpha value is 1.70. The standard InChI is InChI=1S/C12H26O4S.2Na.H2O4S.H2O.2H/c1-2-3-4-5-6-7-8-9-10-11-12-16-17(13,14)15;;;1-5(2,3)4;;;/h2-12H2,1H3,(H,13,14,15);;;(H2,1,2,3,4);1H2;;/q;2*+1;;;2*-1. The molecule has 0 fully saturated rings. The van der Waals surface area contributed by atoms with Gasteiger partial charge in [0.05, 0.1) is 6.61 Å². The molecular weight excluding hydrogens is 398 g/mol. The molecule has 0 aromatic heterocycles. The third-order valence-corrected chi connectivity index (χ3v) is 3.19. The molecule has 25 heavy (non-hydrogen) atoms. The van der Waals surface area contributed by atoms with E-state index in [0.29, 0.717) is 6.42 Å². The van der Waals surface area contributed by atoms with Crippen LogP contribution in [0.5, 0.6) is 0 Å². The summed E-state index contributed by atoms with van der Waals surface area (Å²) < 4.78 is 64.6. The van der Waals surface area contributed by atoms with Gasteiger partial charge in [0.1, 0.15) is 0 Å². The van der Waals surface area contributed by atoms with E-state index in [4.69, 9.17) is 22.1 Å². The van der Waals surface area contributed by atoms with Crippen LogP contribution in [0.15, 0.2) is 0 Å². The van der Waals surface area contributed by atoms with Crippen LogP contribution in [0.2, 0.25) is 0 Å². The van der Waals surface area contributed by atoms with Crippen molar-refractivity contribution < 1.29 is 102 Å². The minimum absolute atomic E-state index is 0. The van der Waals surface area contributed by atoms with Crippen molar-refractivity contribution in [2.45, 2.75) is 71.1 Å². The Morgan fingerprint density at radius 2 is 1.00 bits per heavy atom. The largest absolute Gasteiger partial charge is 1.00 e. The van der Waals surface area contributed by atoms with E-state index in [1.54, 1.807) is 0 Å². The van der Waals surface area contributed by atoms with Crippen LogP contribution in [-0.2, 0) is 25.0 Å². The van der Waals surface area contributed by atoms with Crippen LogP contribution in [0.25, 0.3) is 0 Å². The van der Waals surface area contributed by atoms with Gasteiger partial charge < -0.3 is 8.33 Å². The van der Waals surface area contributed by atoms with Gasteiger partial charge in [-0.2, -0.15) is 16.8 Å². The van der Waals surface area contributed by atoms with Crippen LogP contribution in [0.1, 0.15) is 74.0 Å². The zero-order valence-electron chi connectivity index (χ0n) is 17.5. The first kappa shape index (κ1) is 37.5. The van der Waals surface area contributed by atoms with Crippen molar-refractivity contribution in [1.82, 2.24) is 0 Å². The summed E-state index contributed by atoms with van der Waals surface area (Å²) in [6.07, 6.45) is 11.9. The molecule has 0 atom stereocenters. The van der Waals surface area contributed by atoms with E-state index in [1.165, 1.54) is 44.9 Å². The predicted molar refractivity (Wildman–Crippen MR) is 89.4 cm³/mol. The molecular formula is C12H32Na2O9S2. The van der Waals surface area contributed by atoms with Gasteiger partial charge in [-0.3, -0.25) is 13.7 Å². The summed E-state index contributed by atoms with van der Waals surface area (Å²) in [6, 6.07) is 0. The van der Waals surface area contributed by atoms with Gasteiger partial charge in [-0.05, 0) is 6.42 Å². The van der Waals surface area contributed by atoms with E-state index in [0.717, 1.165) is 12.8 Å². The summed E-state index contributed by atoms with van der Waals surface area (Å²) in [4.78, 5) is 0. The molecule has 0 rings (SSSR count). The van der Waals surface area contributed by atoms with Crippen molar-refractivity contribution >= 4 is 20.8 Å². The molecule has 5 N–H and O–H groups in total. The normalized spacial score (nSPS) is 10.4. The first-order valence-corrected chi connectivity index (χ1v) is 10.1. The molecule has 0 aliphatic carbocycles. The van der Waals surface area contributed by atoms with E-state index in [2.05, 4.69) is 11.1 Å². The molecule has 0 aliphatic heterocycles. The summed E-state index contributed by atoms with van der Waals surface area (Å²) >= 11 is 0. The van der Waals surface area contributed by atoms with Crippen molar-refractivity contribution in [2.75, 3.05) is 6.61 Å². The van der Waals surface area contributed by atoms with Crippen molar-refractivity contribution in [3.05, 3.63) is 0 Å². The molecule has 0 saturated carbocycles. The Morgan fingerprint density at radius 3 is 1.28 bits per heavy atom. The van der Waals surface area contributed by atoms with Crippen LogP contribution < -0.4 is 59.1 Å². The van der Waals surface area contributed by atoms with Gasteiger partial charge in [0, 0.05) is 0 Å². The van der Waals surface area contributed by atoms with E-state index < -0.39 is 20.8 Å². The first-order chi connectivity index (χ1) is 10.1. The van der Waals surface area contributed by atoms with Crippen molar-refractivity contribution in [1.29, 1.82) is 0 Å². The second-order valence-electron chi connectivity index (χ2n) is 4.88. The number of hydrogen-bond acceptors (Lipinski definition) is 5. The maximum atomic E-state index is 10.2.